The standard InChI is InChI=1S/C15H20ClNO2/c1-10(12-4-2-3-5-12)17-8-11-6-13(16)15-14(7-11)18-9-19-15/h6-7,10,12,17H,2-5,8-9H2,1H3. The largest absolute Gasteiger partial charge is 0.454 e. The number of ether oxygens (including phenoxy) is 2. The number of hydrogen-bond acceptors (Lipinski definition) is 3. The molecule has 19 heavy (non-hydrogen) atoms. The van der Waals surface area contributed by atoms with Crippen LogP contribution in [0.25, 0.3) is 0 Å². The molecule has 1 aliphatic heterocycles. The van der Waals surface area contributed by atoms with Crippen LogP contribution in [-0.4, -0.2) is 12.8 Å². The Morgan fingerprint density at radius 3 is 2.89 bits per heavy atom. The van der Waals surface area contributed by atoms with Crippen molar-refractivity contribution in [2.45, 2.75) is 45.2 Å². The molecule has 2 aliphatic rings. The second-order valence-corrected chi connectivity index (χ2v) is 5.93. The van der Waals surface area contributed by atoms with Crippen LogP contribution < -0.4 is 14.8 Å². The smallest absolute Gasteiger partial charge is 0.231 e. The highest BCUT2D eigenvalue weighted by Gasteiger charge is 2.22. The zero-order chi connectivity index (χ0) is 13.2. The Morgan fingerprint density at radius 2 is 2.11 bits per heavy atom. The molecule has 104 valence electrons. The molecule has 1 aliphatic carbocycles. The second kappa shape index (κ2) is 5.59. The van der Waals surface area contributed by atoms with Gasteiger partial charge in [0.05, 0.1) is 5.02 Å². The molecule has 0 aromatic heterocycles. The van der Waals surface area contributed by atoms with Gasteiger partial charge in [-0.05, 0) is 43.4 Å². The van der Waals surface area contributed by atoms with E-state index in [1.165, 1.54) is 25.7 Å². The highest BCUT2D eigenvalue weighted by molar-refractivity contribution is 6.32. The molecule has 1 unspecified atom stereocenters. The Bertz CT molecular complexity index is 458. The average Bonchev–Trinajstić information content (AvgIpc) is 3.06. The molecular formula is C15H20ClNO2. The van der Waals surface area contributed by atoms with Crippen molar-refractivity contribution in [2.75, 3.05) is 6.79 Å². The topological polar surface area (TPSA) is 30.5 Å². The lowest BCUT2D eigenvalue weighted by Crippen LogP contribution is -2.31. The van der Waals surface area contributed by atoms with Gasteiger partial charge in [-0.3, -0.25) is 0 Å². The van der Waals surface area contributed by atoms with Gasteiger partial charge in [-0.1, -0.05) is 24.4 Å². The molecule has 0 spiro atoms. The number of benzene rings is 1. The fourth-order valence-electron chi connectivity index (χ4n) is 3.03. The summed E-state index contributed by atoms with van der Waals surface area (Å²) >= 11 is 6.18. The van der Waals surface area contributed by atoms with E-state index in [2.05, 4.69) is 12.2 Å². The molecule has 1 fully saturated rings. The van der Waals surface area contributed by atoms with Crippen LogP contribution in [0.3, 0.4) is 0 Å². The van der Waals surface area contributed by atoms with Gasteiger partial charge in [-0.2, -0.15) is 0 Å². The van der Waals surface area contributed by atoms with E-state index in [0.717, 1.165) is 23.8 Å². The summed E-state index contributed by atoms with van der Waals surface area (Å²) < 4.78 is 10.7. The Kier molecular flexibility index (Phi) is 3.85. The van der Waals surface area contributed by atoms with Gasteiger partial charge in [-0.15, -0.1) is 0 Å². The molecular weight excluding hydrogens is 262 g/mol. The van der Waals surface area contributed by atoms with Gasteiger partial charge in [0, 0.05) is 12.6 Å². The first-order chi connectivity index (χ1) is 9.24. The van der Waals surface area contributed by atoms with Crippen molar-refractivity contribution in [3.8, 4) is 11.5 Å². The van der Waals surface area contributed by atoms with E-state index in [1.54, 1.807) is 0 Å². The minimum Gasteiger partial charge on any atom is -0.454 e. The third-order valence-corrected chi connectivity index (χ3v) is 4.50. The van der Waals surface area contributed by atoms with Crippen molar-refractivity contribution in [2.24, 2.45) is 5.92 Å². The number of fused-ring (bicyclic) bond motifs is 1. The van der Waals surface area contributed by atoms with Crippen molar-refractivity contribution < 1.29 is 9.47 Å². The highest BCUT2D eigenvalue weighted by Crippen LogP contribution is 2.39. The Balaban J connectivity index is 1.62. The molecule has 0 radical (unpaired) electrons. The van der Waals surface area contributed by atoms with E-state index in [4.69, 9.17) is 21.1 Å². The summed E-state index contributed by atoms with van der Waals surface area (Å²) in [5.74, 6) is 2.26. The van der Waals surface area contributed by atoms with Gasteiger partial charge in [-0.25, -0.2) is 0 Å². The van der Waals surface area contributed by atoms with Gasteiger partial charge in [0.25, 0.3) is 0 Å². The Labute approximate surface area is 119 Å². The number of rotatable bonds is 4. The molecule has 1 atom stereocenters. The summed E-state index contributed by atoms with van der Waals surface area (Å²) in [6.07, 6.45) is 5.48. The van der Waals surface area contributed by atoms with Crippen molar-refractivity contribution in [3.05, 3.63) is 22.7 Å². The zero-order valence-electron chi connectivity index (χ0n) is 11.2. The molecule has 0 bridgehead atoms. The van der Waals surface area contributed by atoms with Gasteiger partial charge >= 0.3 is 0 Å². The quantitative estimate of drug-likeness (QED) is 0.912. The molecule has 4 heteroatoms. The van der Waals surface area contributed by atoms with Gasteiger partial charge in [0.1, 0.15) is 0 Å². The number of hydrogen-bond donors (Lipinski definition) is 1. The molecule has 0 amide bonds. The number of halogens is 1. The molecule has 3 rings (SSSR count). The van der Waals surface area contributed by atoms with Crippen LogP contribution in [0.2, 0.25) is 5.02 Å². The van der Waals surface area contributed by atoms with Crippen LogP contribution >= 0.6 is 11.6 Å². The van der Waals surface area contributed by atoms with E-state index in [-0.39, 0.29) is 6.79 Å². The summed E-state index contributed by atoms with van der Waals surface area (Å²) in [5, 5.41) is 4.24. The lowest BCUT2D eigenvalue weighted by molar-refractivity contribution is 0.174. The van der Waals surface area contributed by atoms with Gasteiger partial charge in [0.15, 0.2) is 11.5 Å². The fourth-order valence-corrected chi connectivity index (χ4v) is 3.31. The maximum absolute atomic E-state index is 6.18. The number of nitrogens with one attached hydrogen (secondary N) is 1. The molecule has 1 saturated carbocycles. The predicted molar refractivity (Wildman–Crippen MR) is 75.8 cm³/mol. The average molecular weight is 282 g/mol. The van der Waals surface area contributed by atoms with E-state index < -0.39 is 0 Å². The lowest BCUT2D eigenvalue weighted by Gasteiger charge is -2.20. The Morgan fingerprint density at radius 1 is 1.32 bits per heavy atom. The monoisotopic (exact) mass is 281 g/mol. The first-order valence-electron chi connectivity index (χ1n) is 7.05. The van der Waals surface area contributed by atoms with E-state index in [1.807, 2.05) is 12.1 Å². The SMILES string of the molecule is CC(NCc1cc(Cl)c2c(c1)OCO2)C1CCCC1. The zero-order valence-corrected chi connectivity index (χ0v) is 12.0. The van der Waals surface area contributed by atoms with E-state index >= 15 is 0 Å². The van der Waals surface area contributed by atoms with E-state index in [0.29, 0.717) is 16.8 Å². The van der Waals surface area contributed by atoms with Gasteiger partial charge < -0.3 is 14.8 Å². The third-order valence-electron chi connectivity index (χ3n) is 4.22. The van der Waals surface area contributed by atoms with Crippen LogP contribution in [0.15, 0.2) is 12.1 Å². The molecule has 1 N–H and O–H groups in total. The van der Waals surface area contributed by atoms with Crippen LogP contribution in [0, 0.1) is 5.92 Å². The molecule has 1 aromatic rings. The predicted octanol–water partition coefficient (Wildman–Crippen LogP) is 3.74. The maximum Gasteiger partial charge on any atom is 0.231 e. The van der Waals surface area contributed by atoms with Crippen molar-refractivity contribution in [3.63, 3.8) is 0 Å². The normalized spacial score (nSPS) is 19.9. The van der Waals surface area contributed by atoms with Crippen molar-refractivity contribution >= 4 is 11.6 Å². The summed E-state index contributed by atoms with van der Waals surface area (Å²) in [7, 11) is 0. The van der Waals surface area contributed by atoms with Crippen molar-refractivity contribution in [1.29, 1.82) is 0 Å². The van der Waals surface area contributed by atoms with E-state index in [9.17, 15) is 0 Å². The fraction of sp³-hybridized carbons (Fsp3) is 0.600. The van der Waals surface area contributed by atoms with Gasteiger partial charge in [0.2, 0.25) is 6.79 Å². The van der Waals surface area contributed by atoms with Crippen LogP contribution in [0.5, 0.6) is 11.5 Å². The molecule has 1 heterocycles. The summed E-state index contributed by atoms with van der Waals surface area (Å²) in [6.45, 7) is 3.38. The highest BCUT2D eigenvalue weighted by atomic mass is 35.5. The molecule has 3 nitrogen and oxygen atoms in total. The van der Waals surface area contributed by atoms with Crippen LogP contribution in [0.1, 0.15) is 38.2 Å². The summed E-state index contributed by atoms with van der Waals surface area (Å²) in [6, 6.07) is 4.54. The Hall–Kier alpha value is -0.930. The van der Waals surface area contributed by atoms with Crippen molar-refractivity contribution in [1.82, 2.24) is 5.32 Å². The minimum atomic E-state index is 0.268. The maximum atomic E-state index is 6.18. The molecule has 0 saturated heterocycles. The summed E-state index contributed by atoms with van der Waals surface area (Å²) in [5.41, 5.74) is 1.15. The van der Waals surface area contributed by atoms with Crippen LogP contribution in [-0.2, 0) is 6.54 Å². The second-order valence-electron chi connectivity index (χ2n) is 5.53. The first kappa shape index (κ1) is 13.1. The first-order valence-corrected chi connectivity index (χ1v) is 7.43. The third kappa shape index (κ3) is 2.82. The van der Waals surface area contributed by atoms with Crippen LogP contribution in [0.4, 0.5) is 0 Å². The summed E-state index contributed by atoms with van der Waals surface area (Å²) in [4.78, 5) is 0. The molecule has 1 aromatic carbocycles. The minimum absolute atomic E-state index is 0.268. The lowest BCUT2D eigenvalue weighted by atomic mass is 9.99.